The Balaban J connectivity index is 1.73. The molecule has 2 aromatic rings. The monoisotopic (exact) mass is 418 g/mol. The third-order valence-electron chi connectivity index (χ3n) is 5.64. The molecule has 1 aliphatic carbocycles. The molecule has 2 aromatic carbocycles. The molecule has 0 aromatic heterocycles. The van der Waals surface area contributed by atoms with Gasteiger partial charge in [-0.1, -0.05) is 67.3 Å². The van der Waals surface area contributed by atoms with Gasteiger partial charge in [0.25, 0.3) is 5.91 Å². The van der Waals surface area contributed by atoms with Crippen molar-refractivity contribution < 1.29 is 19.1 Å². The van der Waals surface area contributed by atoms with E-state index in [2.05, 4.69) is 11.4 Å². The van der Waals surface area contributed by atoms with Gasteiger partial charge in [0, 0.05) is 11.1 Å². The van der Waals surface area contributed by atoms with Crippen molar-refractivity contribution in [2.75, 3.05) is 0 Å². The molecule has 1 aliphatic rings. The van der Waals surface area contributed by atoms with E-state index in [0.717, 1.165) is 24.8 Å². The van der Waals surface area contributed by atoms with Gasteiger partial charge in [-0.2, -0.15) is 5.26 Å². The number of benzene rings is 2. The van der Waals surface area contributed by atoms with Gasteiger partial charge in [-0.25, -0.2) is 4.79 Å². The summed E-state index contributed by atoms with van der Waals surface area (Å²) in [6.07, 6.45) is 2.86. The Kier molecular flexibility index (Phi) is 6.86. The highest BCUT2D eigenvalue weighted by atomic mass is 16.5. The van der Waals surface area contributed by atoms with E-state index in [9.17, 15) is 19.6 Å². The van der Waals surface area contributed by atoms with Crippen LogP contribution in [-0.2, 0) is 9.53 Å². The second-order valence-corrected chi connectivity index (χ2v) is 8.03. The summed E-state index contributed by atoms with van der Waals surface area (Å²) in [6, 6.07) is 15.7. The van der Waals surface area contributed by atoms with E-state index in [1.54, 1.807) is 30.3 Å². The summed E-state index contributed by atoms with van der Waals surface area (Å²) in [6.45, 7) is 3.39. The second kappa shape index (κ2) is 9.57. The van der Waals surface area contributed by atoms with E-state index >= 15 is 0 Å². The number of nitriles is 1. The number of hydrogen-bond donors (Lipinski definition) is 1. The zero-order chi connectivity index (χ0) is 22.4. The van der Waals surface area contributed by atoms with Crippen LogP contribution in [0.5, 0.6) is 0 Å². The summed E-state index contributed by atoms with van der Waals surface area (Å²) in [5.74, 6) is -1.57. The fourth-order valence-electron chi connectivity index (χ4n) is 3.75. The quantitative estimate of drug-likeness (QED) is 0.562. The van der Waals surface area contributed by atoms with Crippen LogP contribution >= 0.6 is 0 Å². The molecule has 0 saturated heterocycles. The maximum Gasteiger partial charge on any atom is 0.339 e. The molecule has 0 bridgehead atoms. The minimum absolute atomic E-state index is 0.0976. The van der Waals surface area contributed by atoms with Gasteiger partial charge in [0.1, 0.15) is 5.54 Å². The topological polar surface area (TPSA) is 96.3 Å². The van der Waals surface area contributed by atoms with Crippen molar-refractivity contribution in [1.29, 1.82) is 5.26 Å². The molecule has 1 saturated carbocycles. The number of carbonyl (C=O) groups excluding carboxylic acids is 3. The number of carbonyl (C=O) groups is 3. The standard InChI is InChI=1S/C25H26N2O4/c1-17-10-12-19(13-11-17)22(28)20-8-4-5-9-21(20)24(30)31-18(2)23(29)27-25(16-26)14-6-3-7-15-25/h4-5,8-13,18H,3,6-7,14-15H2,1-2H3,(H,27,29). The molecule has 1 atom stereocenters. The first-order valence-electron chi connectivity index (χ1n) is 10.5. The Morgan fingerprint density at radius 3 is 2.23 bits per heavy atom. The van der Waals surface area contributed by atoms with E-state index in [1.165, 1.54) is 13.0 Å². The van der Waals surface area contributed by atoms with Crippen molar-refractivity contribution in [3.05, 3.63) is 70.8 Å². The zero-order valence-corrected chi connectivity index (χ0v) is 17.8. The van der Waals surface area contributed by atoms with E-state index in [1.807, 2.05) is 19.1 Å². The van der Waals surface area contributed by atoms with Gasteiger partial charge in [0.15, 0.2) is 11.9 Å². The summed E-state index contributed by atoms with van der Waals surface area (Å²) in [5, 5.41) is 12.3. The smallest absolute Gasteiger partial charge is 0.339 e. The molecule has 1 amide bonds. The highest BCUT2D eigenvalue weighted by molar-refractivity contribution is 6.14. The van der Waals surface area contributed by atoms with Crippen LogP contribution in [0.2, 0.25) is 0 Å². The van der Waals surface area contributed by atoms with Crippen molar-refractivity contribution >= 4 is 17.7 Å². The van der Waals surface area contributed by atoms with Crippen molar-refractivity contribution in [2.24, 2.45) is 0 Å². The molecular weight excluding hydrogens is 392 g/mol. The minimum atomic E-state index is -1.10. The number of amides is 1. The molecule has 1 N–H and O–H groups in total. The molecule has 160 valence electrons. The number of rotatable bonds is 6. The van der Waals surface area contributed by atoms with E-state index in [0.29, 0.717) is 18.4 Å². The lowest BCUT2D eigenvalue weighted by molar-refractivity contribution is -0.130. The second-order valence-electron chi connectivity index (χ2n) is 8.03. The van der Waals surface area contributed by atoms with Crippen LogP contribution in [0.25, 0.3) is 0 Å². The van der Waals surface area contributed by atoms with Crippen molar-refractivity contribution in [3.63, 3.8) is 0 Å². The largest absolute Gasteiger partial charge is 0.449 e. The molecule has 0 aliphatic heterocycles. The zero-order valence-electron chi connectivity index (χ0n) is 17.8. The minimum Gasteiger partial charge on any atom is -0.449 e. The van der Waals surface area contributed by atoms with Crippen molar-refractivity contribution in [1.82, 2.24) is 5.32 Å². The van der Waals surface area contributed by atoms with Gasteiger partial charge in [-0.15, -0.1) is 0 Å². The summed E-state index contributed by atoms with van der Waals surface area (Å²) in [5.41, 5.74) is 0.891. The number of nitrogens with zero attached hydrogens (tertiary/aromatic N) is 1. The average molecular weight is 418 g/mol. The Morgan fingerprint density at radius 1 is 1.00 bits per heavy atom. The first-order chi connectivity index (χ1) is 14.8. The maximum atomic E-state index is 12.9. The SMILES string of the molecule is Cc1ccc(C(=O)c2ccccc2C(=O)OC(C)C(=O)NC2(C#N)CCCCC2)cc1. The maximum absolute atomic E-state index is 12.9. The molecule has 3 rings (SSSR count). The number of aryl methyl sites for hydroxylation is 1. The normalized spacial score (nSPS) is 15.9. The Labute approximate surface area is 182 Å². The van der Waals surface area contributed by atoms with Crippen LogP contribution in [0.15, 0.2) is 48.5 Å². The molecule has 1 fully saturated rings. The van der Waals surface area contributed by atoms with Gasteiger partial charge in [-0.3, -0.25) is 9.59 Å². The van der Waals surface area contributed by atoms with Crippen LogP contribution in [0.3, 0.4) is 0 Å². The third kappa shape index (κ3) is 5.18. The van der Waals surface area contributed by atoms with Gasteiger partial charge >= 0.3 is 5.97 Å². The molecule has 6 nitrogen and oxygen atoms in total. The summed E-state index contributed by atoms with van der Waals surface area (Å²) in [4.78, 5) is 38.3. The molecule has 0 heterocycles. The molecule has 0 radical (unpaired) electrons. The van der Waals surface area contributed by atoms with E-state index < -0.39 is 23.5 Å². The van der Waals surface area contributed by atoms with Gasteiger partial charge in [0.05, 0.1) is 11.6 Å². The van der Waals surface area contributed by atoms with Gasteiger partial charge in [0.2, 0.25) is 0 Å². The average Bonchev–Trinajstić information content (AvgIpc) is 2.79. The van der Waals surface area contributed by atoms with Crippen LogP contribution in [0, 0.1) is 18.3 Å². The number of ketones is 1. The van der Waals surface area contributed by atoms with E-state index in [-0.39, 0.29) is 16.9 Å². The summed E-state index contributed by atoms with van der Waals surface area (Å²) in [7, 11) is 0. The van der Waals surface area contributed by atoms with E-state index in [4.69, 9.17) is 4.74 Å². The Bertz CT molecular complexity index is 1010. The molecule has 31 heavy (non-hydrogen) atoms. The Morgan fingerprint density at radius 2 is 1.61 bits per heavy atom. The lowest BCUT2D eigenvalue weighted by atomic mass is 9.83. The highest BCUT2D eigenvalue weighted by Gasteiger charge is 2.35. The van der Waals surface area contributed by atoms with Gasteiger partial charge in [-0.05, 0) is 32.8 Å². The van der Waals surface area contributed by atoms with Crippen LogP contribution < -0.4 is 5.32 Å². The molecular formula is C25H26N2O4. The molecule has 1 unspecified atom stereocenters. The predicted molar refractivity (Wildman–Crippen MR) is 116 cm³/mol. The third-order valence-corrected chi connectivity index (χ3v) is 5.64. The first-order valence-corrected chi connectivity index (χ1v) is 10.5. The molecule has 0 spiro atoms. The fraction of sp³-hybridized carbons (Fsp3) is 0.360. The van der Waals surface area contributed by atoms with Crippen molar-refractivity contribution in [3.8, 4) is 6.07 Å². The lowest BCUT2D eigenvalue weighted by Crippen LogP contribution is -2.52. The molecule has 6 heteroatoms. The number of esters is 1. The first kappa shape index (κ1) is 22.2. The number of ether oxygens (including phenoxy) is 1. The highest BCUT2D eigenvalue weighted by Crippen LogP contribution is 2.27. The van der Waals surface area contributed by atoms with Gasteiger partial charge < -0.3 is 10.1 Å². The number of hydrogen-bond acceptors (Lipinski definition) is 5. The Hall–Kier alpha value is -3.46. The summed E-state index contributed by atoms with van der Waals surface area (Å²) < 4.78 is 5.36. The van der Waals surface area contributed by atoms with Crippen LogP contribution in [-0.4, -0.2) is 29.3 Å². The summed E-state index contributed by atoms with van der Waals surface area (Å²) >= 11 is 0. The fourth-order valence-corrected chi connectivity index (χ4v) is 3.75. The van der Waals surface area contributed by atoms with Crippen LogP contribution in [0.1, 0.15) is 70.9 Å². The number of nitrogens with one attached hydrogen (secondary N) is 1. The lowest BCUT2D eigenvalue weighted by Gasteiger charge is -2.32. The van der Waals surface area contributed by atoms with Crippen molar-refractivity contribution in [2.45, 2.75) is 57.6 Å². The van der Waals surface area contributed by atoms with Crippen LogP contribution in [0.4, 0.5) is 0 Å². The predicted octanol–water partition coefficient (Wildman–Crippen LogP) is 4.11.